The average molecular weight is 276 g/mol. The zero-order valence-corrected chi connectivity index (χ0v) is 12.2. The van der Waals surface area contributed by atoms with Crippen molar-refractivity contribution < 1.29 is 9.53 Å². The normalized spacial score (nSPS) is 20.6. The van der Waals surface area contributed by atoms with Gasteiger partial charge in [0.15, 0.2) is 5.78 Å². The van der Waals surface area contributed by atoms with E-state index in [-0.39, 0.29) is 11.9 Å². The van der Waals surface area contributed by atoms with Crippen molar-refractivity contribution in [3.63, 3.8) is 0 Å². The lowest BCUT2D eigenvalue weighted by Crippen LogP contribution is -2.14. The van der Waals surface area contributed by atoms with Crippen LogP contribution in [0.4, 0.5) is 0 Å². The van der Waals surface area contributed by atoms with Crippen LogP contribution in [0.15, 0.2) is 48.1 Å². The molecule has 0 radical (unpaired) electrons. The summed E-state index contributed by atoms with van der Waals surface area (Å²) in [6.07, 6.45) is 0.878. The van der Waals surface area contributed by atoms with Gasteiger partial charge in [0.05, 0.1) is 0 Å². The molecular formula is C19H16O2. The molecule has 4 rings (SSSR count). The van der Waals surface area contributed by atoms with E-state index >= 15 is 0 Å². The molecule has 1 atom stereocenters. The predicted octanol–water partition coefficient (Wildman–Crippen LogP) is 4.42. The SMILES string of the molecule is C=C1C(=O)c2c(cc(C)c3ccccc23)C2=C1CC(C)O2. The van der Waals surface area contributed by atoms with Crippen LogP contribution in [0.3, 0.4) is 0 Å². The Labute approximate surface area is 123 Å². The molecule has 2 heteroatoms. The summed E-state index contributed by atoms with van der Waals surface area (Å²) in [6.45, 7) is 8.12. The summed E-state index contributed by atoms with van der Waals surface area (Å²) in [5.41, 5.74) is 4.42. The Hall–Kier alpha value is -2.35. The quantitative estimate of drug-likeness (QED) is 0.666. The summed E-state index contributed by atoms with van der Waals surface area (Å²) in [5, 5.41) is 2.11. The first-order valence-corrected chi connectivity index (χ1v) is 7.24. The van der Waals surface area contributed by atoms with E-state index < -0.39 is 0 Å². The topological polar surface area (TPSA) is 26.3 Å². The van der Waals surface area contributed by atoms with Gasteiger partial charge in [-0.25, -0.2) is 0 Å². The molecule has 0 spiro atoms. The largest absolute Gasteiger partial charge is 0.489 e. The highest BCUT2D eigenvalue weighted by molar-refractivity contribution is 6.23. The Bertz CT molecular complexity index is 855. The molecule has 2 aromatic rings. The number of aryl methyl sites for hydroxylation is 1. The van der Waals surface area contributed by atoms with Crippen LogP contribution in [0.1, 0.15) is 34.8 Å². The molecule has 1 unspecified atom stereocenters. The first-order chi connectivity index (χ1) is 10.1. The molecule has 0 aromatic heterocycles. The van der Waals surface area contributed by atoms with E-state index in [4.69, 9.17) is 4.74 Å². The molecule has 0 amide bonds. The first kappa shape index (κ1) is 12.4. The Morgan fingerprint density at radius 1 is 1.24 bits per heavy atom. The molecule has 104 valence electrons. The zero-order valence-electron chi connectivity index (χ0n) is 12.2. The second kappa shape index (κ2) is 4.08. The van der Waals surface area contributed by atoms with Crippen molar-refractivity contribution in [3.05, 3.63) is 64.7 Å². The van der Waals surface area contributed by atoms with Crippen LogP contribution >= 0.6 is 0 Å². The maximum atomic E-state index is 12.8. The van der Waals surface area contributed by atoms with Gasteiger partial charge >= 0.3 is 0 Å². The van der Waals surface area contributed by atoms with E-state index in [1.165, 1.54) is 5.56 Å². The smallest absolute Gasteiger partial charge is 0.194 e. The summed E-state index contributed by atoms with van der Waals surface area (Å²) in [5.74, 6) is 0.897. The summed E-state index contributed by atoms with van der Waals surface area (Å²) < 4.78 is 5.98. The Kier molecular flexibility index (Phi) is 2.41. The molecule has 0 fully saturated rings. The van der Waals surface area contributed by atoms with Crippen molar-refractivity contribution in [2.45, 2.75) is 26.4 Å². The number of fused-ring (bicyclic) bond motifs is 4. The maximum Gasteiger partial charge on any atom is 0.194 e. The number of Topliss-reactive ketones (excluding diaryl/α,β-unsaturated/α-hetero) is 1. The van der Waals surface area contributed by atoms with Crippen molar-refractivity contribution in [2.24, 2.45) is 0 Å². The molecule has 0 saturated carbocycles. The molecule has 2 nitrogen and oxygen atoms in total. The third-order valence-corrected chi connectivity index (χ3v) is 4.45. The Morgan fingerprint density at radius 3 is 2.71 bits per heavy atom. The van der Waals surface area contributed by atoms with Crippen molar-refractivity contribution >= 4 is 22.3 Å². The highest BCUT2D eigenvalue weighted by Crippen LogP contribution is 2.44. The first-order valence-electron chi connectivity index (χ1n) is 7.24. The number of carbonyl (C=O) groups excluding carboxylic acids is 1. The van der Waals surface area contributed by atoms with Gasteiger partial charge in [0, 0.05) is 28.7 Å². The number of hydrogen-bond acceptors (Lipinski definition) is 2. The summed E-state index contributed by atoms with van der Waals surface area (Å²) in [4.78, 5) is 12.8. The molecule has 0 N–H and O–H groups in total. The van der Waals surface area contributed by atoms with Crippen LogP contribution in [-0.4, -0.2) is 11.9 Å². The highest BCUT2D eigenvalue weighted by atomic mass is 16.5. The zero-order chi connectivity index (χ0) is 14.7. The lowest BCUT2D eigenvalue weighted by molar-refractivity contribution is 0.103. The second-order valence-electron chi connectivity index (χ2n) is 5.91. The van der Waals surface area contributed by atoms with Gasteiger partial charge < -0.3 is 4.74 Å². The van der Waals surface area contributed by atoms with Gasteiger partial charge in [0.25, 0.3) is 0 Å². The molecule has 0 saturated heterocycles. The molecule has 2 aliphatic rings. The van der Waals surface area contributed by atoms with Crippen LogP contribution < -0.4 is 0 Å². The number of benzene rings is 2. The minimum atomic E-state index is 0.0395. The minimum absolute atomic E-state index is 0.0395. The summed E-state index contributed by atoms with van der Waals surface area (Å²) in [7, 11) is 0. The van der Waals surface area contributed by atoms with Gasteiger partial charge in [-0.1, -0.05) is 30.8 Å². The van der Waals surface area contributed by atoms with Gasteiger partial charge in [-0.3, -0.25) is 4.79 Å². The third kappa shape index (κ3) is 1.56. The van der Waals surface area contributed by atoms with E-state index in [0.29, 0.717) is 5.57 Å². The fraction of sp³-hybridized carbons (Fsp3) is 0.211. The maximum absolute atomic E-state index is 12.8. The van der Waals surface area contributed by atoms with Gasteiger partial charge in [-0.2, -0.15) is 0 Å². The van der Waals surface area contributed by atoms with Crippen LogP contribution in [0.25, 0.3) is 16.5 Å². The van der Waals surface area contributed by atoms with Crippen LogP contribution in [0.5, 0.6) is 0 Å². The van der Waals surface area contributed by atoms with Crippen molar-refractivity contribution in [1.29, 1.82) is 0 Å². The number of allylic oxidation sites excluding steroid dienone is 1. The number of ketones is 1. The van der Waals surface area contributed by atoms with E-state index in [2.05, 4.69) is 25.6 Å². The Balaban J connectivity index is 2.13. The Morgan fingerprint density at radius 2 is 1.95 bits per heavy atom. The molecule has 1 heterocycles. The molecule has 0 bridgehead atoms. The molecular weight excluding hydrogens is 260 g/mol. The van der Waals surface area contributed by atoms with Crippen molar-refractivity contribution in [3.8, 4) is 0 Å². The molecule has 2 aromatic carbocycles. The summed E-state index contributed by atoms with van der Waals surface area (Å²) in [6, 6.07) is 10.1. The lowest BCUT2D eigenvalue weighted by Gasteiger charge is -2.21. The third-order valence-electron chi connectivity index (χ3n) is 4.45. The van der Waals surface area contributed by atoms with Crippen molar-refractivity contribution in [2.75, 3.05) is 0 Å². The van der Waals surface area contributed by atoms with E-state index in [1.807, 2.05) is 25.1 Å². The van der Waals surface area contributed by atoms with Gasteiger partial charge in [-0.15, -0.1) is 0 Å². The van der Waals surface area contributed by atoms with E-state index in [0.717, 1.165) is 39.7 Å². The average Bonchev–Trinajstić information content (AvgIpc) is 2.87. The van der Waals surface area contributed by atoms with Crippen molar-refractivity contribution in [1.82, 2.24) is 0 Å². The lowest BCUT2D eigenvalue weighted by atomic mass is 9.82. The van der Waals surface area contributed by atoms with Gasteiger partial charge in [-0.05, 0) is 36.2 Å². The van der Waals surface area contributed by atoms with E-state index in [9.17, 15) is 4.79 Å². The minimum Gasteiger partial charge on any atom is -0.489 e. The van der Waals surface area contributed by atoms with E-state index in [1.54, 1.807) is 0 Å². The monoisotopic (exact) mass is 276 g/mol. The predicted molar refractivity (Wildman–Crippen MR) is 84.2 cm³/mol. The molecule has 21 heavy (non-hydrogen) atoms. The van der Waals surface area contributed by atoms with Gasteiger partial charge in [0.2, 0.25) is 0 Å². The van der Waals surface area contributed by atoms with Crippen LogP contribution in [0, 0.1) is 6.92 Å². The number of rotatable bonds is 0. The van der Waals surface area contributed by atoms with Gasteiger partial charge in [0.1, 0.15) is 11.9 Å². The fourth-order valence-electron chi connectivity index (χ4n) is 3.45. The number of carbonyl (C=O) groups is 1. The molecule has 1 aliphatic heterocycles. The molecule has 1 aliphatic carbocycles. The second-order valence-corrected chi connectivity index (χ2v) is 5.91. The summed E-state index contributed by atoms with van der Waals surface area (Å²) >= 11 is 0. The number of hydrogen-bond donors (Lipinski definition) is 0. The van der Waals surface area contributed by atoms with Crippen LogP contribution in [-0.2, 0) is 4.74 Å². The van der Waals surface area contributed by atoms with Crippen LogP contribution in [0.2, 0.25) is 0 Å². The highest BCUT2D eigenvalue weighted by Gasteiger charge is 2.36. The standard InChI is InChI=1S/C19H16O2/c1-10-8-16-17(14-7-5-4-6-13(10)14)18(20)12(3)15-9-11(2)21-19(15)16/h4-8,11H,3,9H2,1-2H3. The number of ether oxygens (including phenoxy) is 1. The fourth-order valence-corrected chi connectivity index (χ4v) is 3.45.